The Labute approximate surface area is 223 Å². The van der Waals surface area contributed by atoms with E-state index in [1.54, 1.807) is 42.7 Å². The topological polar surface area (TPSA) is 154 Å². The maximum absolute atomic E-state index is 9.00. The van der Waals surface area contributed by atoms with Gasteiger partial charge in [0.25, 0.3) is 11.9 Å². The molecule has 2 rings (SSSR count). The van der Waals surface area contributed by atoms with Crippen LogP contribution in [0.15, 0.2) is 24.3 Å². The van der Waals surface area contributed by atoms with Crippen LogP contribution in [0.1, 0.15) is 25.0 Å². The highest BCUT2D eigenvalue weighted by molar-refractivity contribution is 5.63. The fourth-order valence-electron chi connectivity index (χ4n) is 3.12. The first kappa shape index (κ1) is 34.1. The van der Waals surface area contributed by atoms with Crippen molar-refractivity contribution in [3.05, 3.63) is 35.4 Å². The third-order valence-electron chi connectivity index (χ3n) is 4.59. The van der Waals surface area contributed by atoms with Crippen LogP contribution in [0.3, 0.4) is 0 Å². The maximum Gasteiger partial charge on any atom is 0.300 e. The highest BCUT2D eigenvalue weighted by Gasteiger charge is 2.14. The number of benzene rings is 2. The van der Waals surface area contributed by atoms with Crippen LogP contribution < -0.4 is 39.1 Å². The maximum atomic E-state index is 9.00. The van der Waals surface area contributed by atoms with Crippen LogP contribution >= 0.6 is 0 Å². The highest BCUT2D eigenvalue weighted by atomic mass is 16.5. The lowest BCUT2D eigenvalue weighted by atomic mass is 10.1. The van der Waals surface area contributed by atoms with Crippen molar-refractivity contribution in [1.82, 2.24) is 10.6 Å². The molecule has 0 unspecified atom stereocenters. The van der Waals surface area contributed by atoms with Gasteiger partial charge < -0.3 is 49.3 Å². The lowest BCUT2D eigenvalue weighted by molar-refractivity contribution is -0.135. The van der Waals surface area contributed by atoms with E-state index in [2.05, 4.69) is 10.6 Å². The Balaban J connectivity index is 0.00000150. The monoisotopic (exact) mass is 540 g/mol. The summed E-state index contributed by atoms with van der Waals surface area (Å²) in [6.45, 7) is 5.12. The molecule has 2 aromatic rings. The zero-order valence-corrected chi connectivity index (χ0v) is 23.3. The summed E-state index contributed by atoms with van der Waals surface area (Å²) < 4.78 is 32.3. The summed E-state index contributed by atoms with van der Waals surface area (Å²) in [4.78, 5) is 18.0. The summed E-state index contributed by atoms with van der Waals surface area (Å²) in [5.74, 6) is 2.11. The number of methoxy groups -OCH3 is 6. The Morgan fingerprint density at radius 3 is 1.00 bits per heavy atom. The molecule has 38 heavy (non-hydrogen) atoms. The molecular weight excluding hydrogens is 500 g/mol. The van der Waals surface area contributed by atoms with Crippen LogP contribution in [0.25, 0.3) is 0 Å². The summed E-state index contributed by atoms with van der Waals surface area (Å²) in [6.07, 6.45) is 0. The predicted octanol–water partition coefficient (Wildman–Crippen LogP) is 2.80. The summed E-state index contributed by atoms with van der Waals surface area (Å²) in [7, 11) is 9.64. The molecule has 12 heteroatoms. The molecule has 0 fully saturated rings. The largest absolute Gasteiger partial charge is 0.493 e. The van der Waals surface area contributed by atoms with E-state index < -0.39 is 11.9 Å². The van der Waals surface area contributed by atoms with E-state index in [1.165, 1.54) is 0 Å². The molecule has 0 aliphatic heterocycles. The smallest absolute Gasteiger partial charge is 0.300 e. The molecule has 0 spiro atoms. The zero-order valence-electron chi connectivity index (χ0n) is 23.3. The summed E-state index contributed by atoms with van der Waals surface area (Å²) in [6, 6.07) is 7.77. The molecule has 0 amide bonds. The first-order valence-corrected chi connectivity index (χ1v) is 11.5. The predicted molar refractivity (Wildman–Crippen MR) is 142 cm³/mol. The molecule has 2 aromatic carbocycles. The molecule has 4 N–H and O–H groups in total. The first-order chi connectivity index (χ1) is 18.1. The van der Waals surface area contributed by atoms with E-state index in [4.69, 9.17) is 48.2 Å². The van der Waals surface area contributed by atoms with Crippen LogP contribution in [-0.2, 0) is 22.7 Å². The Morgan fingerprint density at radius 1 is 0.579 bits per heavy atom. The molecule has 0 aliphatic carbocycles. The Bertz CT molecular complexity index is 860. The Morgan fingerprint density at radius 2 is 0.816 bits per heavy atom. The minimum Gasteiger partial charge on any atom is -0.493 e. The third kappa shape index (κ3) is 12.9. The highest BCUT2D eigenvalue weighted by Crippen LogP contribution is 2.39. The summed E-state index contributed by atoms with van der Waals surface area (Å²) >= 11 is 0. The Hall–Kier alpha value is -3.90. The van der Waals surface area contributed by atoms with E-state index in [0.29, 0.717) is 47.6 Å². The van der Waals surface area contributed by atoms with E-state index in [0.717, 1.165) is 38.1 Å². The van der Waals surface area contributed by atoms with Gasteiger partial charge in [0.15, 0.2) is 23.0 Å². The summed E-state index contributed by atoms with van der Waals surface area (Å²) in [5.41, 5.74) is 2.10. The molecule has 12 nitrogen and oxygen atoms in total. The first-order valence-electron chi connectivity index (χ1n) is 11.5. The van der Waals surface area contributed by atoms with Crippen LogP contribution in [-0.4, -0.2) is 77.9 Å². The van der Waals surface area contributed by atoms with Crippen molar-refractivity contribution in [2.24, 2.45) is 0 Å². The second kappa shape index (κ2) is 19.2. The van der Waals surface area contributed by atoms with Gasteiger partial charge in [-0.15, -0.1) is 0 Å². The standard InChI is InChI=1S/C22H32N2O6.2C2H4O2/c1-25-17-9-15(10-18(26-2)21(17)29-5)13-23-7-8-24-14-16-11-19(27-3)22(30-6)20(12-16)28-4;2*1-2(3)4/h9-12,23-24H,7-8,13-14H2,1-6H3;2*1H3,(H,3,4). The van der Waals surface area contributed by atoms with Gasteiger partial charge >= 0.3 is 0 Å². The van der Waals surface area contributed by atoms with Crippen LogP contribution in [0, 0.1) is 0 Å². The van der Waals surface area contributed by atoms with Crippen LogP contribution in [0.4, 0.5) is 0 Å². The third-order valence-corrected chi connectivity index (χ3v) is 4.59. The van der Waals surface area contributed by atoms with E-state index in [9.17, 15) is 0 Å². The lowest BCUT2D eigenvalue weighted by Gasteiger charge is -2.15. The molecular formula is C26H40N2O10. The molecule has 0 heterocycles. The molecule has 0 bridgehead atoms. The Kier molecular flexibility index (Phi) is 17.3. The number of carbonyl (C=O) groups is 2. The van der Waals surface area contributed by atoms with Crippen molar-refractivity contribution in [2.75, 3.05) is 55.7 Å². The molecule has 214 valence electrons. The van der Waals surface area contributed by atoms with Crippen molar-refractivity contribution in [2.45, 2.75) is 26.9 Å². The van der Waals surface area contributed by atoms with E-state index in [1.807, 2.05) is 24.3 Å². The SMILES string of the molecule is CC(=O)O.CC(=O)O.COc1cc(CNCCNCc2cc(OC)c(OC)c(OC)c2)cc(OC)c1OC. The molecule has 0 aromatic heterocycles. The van der Waals surface area contributed by atoms with Gasteiger partial charge in [-0.3, -0.25) is 9.59 Å². The van der Waals surface area contributed by atoms with Crippen molar-refractivity contribution in [1.29, 1.82) is 0 Å². The van der Waals surface area contributed by atoms with Gasteiger partial charge in [-0.2, -0.15) is 0 Å². The van der Waals surface area contributed by atoms with Gasteiger partial charge in [0, 0.05) is 40.0 Å². The van der Waals surface area contributed by atoms with E-state index in [-0.39, 0.29) is 0 Å². The molecule has 0 radical (unpaired) electrons. The molecule has 0 aliphatic rings. The number of aliphatic carboxylic acids is 2. The fourth-order valence-corrected chi connectivity index (χ4v) is 3.12. The normalized spacial score (nSPS) is 9.58. The van der Waals surface area contributed by atoms with Crippen molar-refractivity contribution < 1.29 is 48.2 Å². The lowest BCUT2D eigenvalue weighted by Crippen LogP contribution is -2.26. The minimum atomic E-state index is -0.833. The van der Waals surface area contributed by atoms with Crippen LogP contribution in [0.2, 0.25) is 0 Å². The van der Waals surface area contributed by atoms with Gasteiger partial charge in [0.05, 0.1) is 42.7 Å². The number of carboxylic acids is 2. The number of hydrogen-bond acceptors (Lipinski definition) is 10. The second-order valence-electron chi connectivity index (χ2n) is 7.46. The molecule has 0 saturated carbocycles. The van der Waals surface area contributed by atoms with Gasteiger partial charge in [-0.25, -0.2) is 0 Å². The van der Waals surface area contributed by atoms with Gasteiger partial charge in [0.2, 0.25) is 11.5 Å². The average Bonchev–Trinajstić information content (AvgIpc) is 2.88. The van der Waals surface area contributed by atoms with Gasteiger partial charge in [-0.05, 0) is 35.4 Å². The average molecular weight is 541 g/mol. The molecule has 0 saturated heterocycles. The van der Waals surface area contributed by atoms with Crippen molar-refractivity contribution in [3.63, 3.8) is 0 Å². The van der Waals surface area contributed by atoms with Crippen molar-refractivity contribution in [3.8, 4) is 34.5 Å². The number of ether oxygens (including phenoxy) is 6. The molecule has 0 atom stereocenters. The minimum absolute atomic E-state index is 0.593. The fraction of sp³-hybridized carbons (Fsp3) is 0.462. The van der Waals surface area contributed by atoms with Gasteiger partial charge in [-0.1, -0.05) is 0 Å². The number of rotatable bonds is 13. The van der Waals surface area contributed by atoms with E-state index >= 15 is 0 Å². The number of nitrogens with one attached hydrogen (secondary N) is 2. The van der Waals surface area contributed by atoms with Crippen molar-refractivity contribution >= 4 is 11.9 Å². The van der Waals surface area contributed by atoms with Gasteiger partial charge in [0.1, 0.15) is 0 Å². The number of carboxylic acid groups (broad SMARTS) is 2. The number of hydrogen-bond donors (Lipinski definition) is 4. The quantitative estimate of drug-likeness (QED) is 0.276. The van der Waals surface area contributed by atoms with Crippen LogP contribution in [0.5, 0.6) is 34.5 Å². The second-order valence-corrected chi connectivity index (χ2v) is 7.46. The zero-order chi connectivity index (χ0) is 29.1. The summed E-state index contributed by atoms with van der Waals surface area (Å²) in [5, 5.41) is 21.6.